The normalized spacial score (nSPS) is 19.5. The second-order valence-electron chi connectivity index (χ2n) is 18.0. The Bertz CT molecular complexity index is 1240. The zero-order valence-corrected chi connectivity index (χ0v) is 41.1. The summed E-state index contributed by atoms with van der Waals surface area (Å²) in [5, 5.41) is 12.9. The number of carbonyl (C=O) groups is 3. The number of esters is 2. The van der Waals surface area contributed by atoms with Gasteiger partial charge in [-0.1, -0.05) is 201 Å². The van der Waals surface area contributed by atoms with Crippen LogP contribution in [0.4, 0.5) is 0 Å². The minimum Gasteiger partial charge on any atom is -0.462 e. The number of carbonyl (C=O) groups excluding carboxylic acids is 3. The van der Waals surface area contributed by atoms with E-state index in [1.165, 1.54) is 123 Å². The number of unbranched alkanes of at least 4 members (excludes halogenated alkanes) is 28. The number of ether oxygens (including phenoxy) is 4. The van der Waals surface area contributed by atoms with Gasteiger partial charge in [-0.15, -0.1) is 0 Å². The summed E-state index contributed by atoms with van der Waals surface area (Å²) in [6, 6.07) is -1.29. The quantitative estimate of drug-likeness (QED) is 0.0299. The van der Waals surface area contributed by atoms with Gasteiger partial charge in [-0.25, -0.2) is 4.18 Å². The van der Waals surface area contributed by atoms with Crippen molar-refractivity contribution < 1.29 is 55.6 Å². The Morgan fingerprint density at radius 3 is 1.38 bits per heavy atom. The summed E-state index contributed by atoms with van der Waals surface area (Å²) in [5.41, 5.74) is 0. The van der Waals surface area contributed by atoms with E-state index in [2.05, 4.69) is 26.1 Å². The van der Waals surface area contributed by atoms with E-state index in [1.807, 2.05) is 0 Å². The van der Waals surface area contributed by atoms with E-state index in [-0.39, 0.29) is 25.2 Å². The van der Waals surface area contributed by atoms with Gasteiger partial charge in [0.2, 0.25) is 5.91 Å². The molecular formula is C49H93NO12S. The monoisotopic (exact) mass is 920 g/mol. The van der Waals surface area contributed by atoms with Crippen molar-refractivity contribution in [2.24, 2.45) is 0 Å². The number of rotatable bonds is 43. The summed E-state index contributed by atoms with van der Waals surface area (Å²) in [6.45, 7) is 5.88. The fraction of sp³-hybridized carbons (Fsp3) is 0.939. The topological polar surface area (TPSA) is 184 Å². The largest absolute Gasteiger partial charge is 0.462 e. The molecule has 1 aliphatic rings. The van der Waals surface area contributed by atoms with Crippen LogP contribution in [0.3, 0.4) is 0 Å². The number of hydrogen-bond donors (Lipinski definition) is 3. The number of amides is 1. The average Bonchev–Trinajstić information content (AvgIpc) is 3.24. The van der Waals surface area contributed by atoms with Crippen LogP contribution in [0.15, 0.2) is 0 Å². The highest BCUT2D eigenvalue weighted by Gasteiger charge is 2.51. The van der Waals surface area contributed by atoms with E-state index < -0.39 is 65.6 Å². The predicted octanol–water partition coefficient (Wildman–Crippen LogP) is 11.6. The summed E-state index contributed by atoms with van der Waals surface area (Å²) in [7, 11) is -3.82. The highest BCUT2D eigenvalue weighted by molar-refractivity contribution is 7.80. The third-order valence-electron chi connectivity index (χ3n) is 12.2. The lowest BCUT2D eigenvalue weighted by molar-refractivity contribution is -0.262. The van der Waals surface area contributed by atoms with Gasteiger partial charge >= 0.3 is 22.3 Å². The van der Waals surface area contributed by atoms with Crippen molar-refractivity contribution >= 4 is 28.2 Å². The smallest absolute Gasteiger partial charge is 0.397 e. The lowest BCUT2D eigenvalue weighted by Crippen LogP contribution is -2.66. The Morgan fingerprint density at radius 1 is 0.587 bits per heavy atom. The van der Waals surface area contributed by atoms with Gasteiger partial charge in [0.05, 0.1) is 13.0 Å². The lowest BCUT2D eigenvalue weighted by atomic mass is 9.96. The maximum absolute atomic E-state index is 13.8. The molecule has 0 aliphatic carbocycles. The second kappa shape index (κ2) is 39.3. The van der Waals surface area contributed by atoms with Gasteiger partial charge in [0.15, 0.2) is 12.4 Å². The Balaban J connectivity index is 2.94. The summed E-state index contributed by atoms with van der Waals surface area (Å²) >= 11 is 0. The van der Waals surface area contributed by atoms with Crippen LogP contribution < -0.4 is 5.32 Å². The van der Waals surface area contributed by atoms with Crippen molar-refractivity contribution in [2.75, 3.05) is 13.7 Å². The fourth-order valence-corrected chi connectivity index (χ4v) is 8.98. The van der Waals surface area contributed by atoms with E-state index in [9.17, 15) is 32.5 Å². The first-order valence-electron chi connectivity index (χ1n) is 25.6. The third kappa shape index (κ3) is 31.7. The van der Waals surface area contributed by atoms with Crippen LogP contribution in [-0.2, 0) is 47.9 Å². The minimum atomic E-state index is -5.12. The van der Waals surface area contributed by atoms with E-state index in [0.29, 0.717) is 19.3 Å². The Hall–Kier alpha value is -1.84. The molecular weight excluding hydrogens is 827 g/mol. The molecule has 1 heterocycles. The number of aliphatic hydroxyl groups excluding tert-OH is 1. The zero-order chi connectivity index (χ0) is 46.4. The van der Waals surface area contributed by atoms with Gasteiger partial charge in [0.25, 0.3) is 0 Å². The Labute approximate surface area is 383 Å². The SMILES string of the molecule is CCCCCCCCCCCCCC(=O)O[C@H](CCCCCCCCCCC)CC(=O)N[C@H]1C(OC)O[C@H](CO)[C@@H](OS(=O)(=O)O)[C@@H]1OC(=O)CCCCCCCCCCCCC. The molecule has 0 aromatic heterocycles. The fourth-order valence-electron chi connectivity index (χ4n) is 8.46. The van der Waals surface area contributed by atoms with Crippen LogP contribution in [0, 0.1) is 0 Å². The number of nitrogens with one attached hydrogen (secondary N) is 1. The van der Waals surface area contributed by atoms with E-state index >= 15 is 0 Å². The third-order valence-corrected chi connectivity index (χ3v) is 12.7. The summed E-state index contributed by atoms with van der Waals surface area (Å²) in [6.07, 6.45) is 28.9. The van der Waals surface area contributed by atoms with E-state index in [0.717, 1.165) is 70.6 Å². The molecule has 3 N–H and O–H groups in total. The average molecular weight is 920 g/mol. The van der Waals surface area contributed by atoms with Crippen LogP contribution in [0.2, 0.25) is 0 Å². The standard InChI is InChI=1S/C49H93NO12S/c1-5-8-11-14-17-20-22-25-28-31-34-37-44(53)59-41(36-33-30-27-24-19-16-13-10-7-3)39-43(52)50-46-48(47(62-63(55,56)57)42(40-51)60-49(46)58-4)61-45(54)38-35-32-29-26-23-21-18-15-12-9-6-2/h41-42,46-49,51H,5-40H2,1-4H3,(H,50,52)(H,55,56,57)/t41-,42-,46-,47-,48-,49?/m1/s1. The maximum Gasteiger partial charge on any atom is 0.397 e. The molecule has 0 bridgehead atoms. The molecule has 0 radical (unpaired) electrons. The summed E-state index contributed by atoms with van der Waals surface area (Å²) < 4.78 is 61.7. The summed E-state index contributed by atoms with van der Waals surface area (Å²) in [4.78, 5) is 40.2. The van der Waals surface area contributed by atoms with Gasteiger partial charge in [-0.05, 0) is 25.7 Å². The van der Waals surface area contributed by atoms with Crippen LogP contribution in [0.1, 0.15) is 245 Å². The zero-order valence-electron chi connectivity index (χ0n) is 40.3. The molecule has 0 spiro atoms. The molecule has 14 heteroatoms. The molecule has 1 amide bonds. The predicted molar refractivity (Wildman–Crippen MR) is 249 cm³/mol. The molecule has 63 heavy (non-hydrogen) atoms. The Kier molecular flexibility index (Phi) is 37.0. The number of methoxy groups -OCH3 is 1. The molecule has 1 fully saturated rings. The van der Waals surface area contributed by atoms with Crippen LogP contribution in [-0.4, -0.2) is 86.4 Å². The van der Waals surface area contributed by atoms with Crippen molar-refractivity contribution in [3.63, 3.8) is 0 Å². The maximum atomic E-state index is 13.8. The van der Waals surface area contributed by atoms with Crippen molar-refractivity contribution in [2.45, 2.75) is 282 Å². The van der Waals surface area contributed by atoms with Crippen molar-refractivity contribution in [3.8, 4) is 0 Å². The molecule has 6 atom stereocenters. The molecule has 1 unspecified atom stereocenters. The molecule has 13 nitrogen and oxygen atoms in total. The van der Waals surface area contributed by atoms with Crippen molar-refractivity contribution in [3.05, 3.63) is 0 Å². The molecule has 372 valence electrons. The first-order valence-corrected chi connectivity index (χ1v) is 27.0. The van der Waals surface area contributed by atoms with E-state index in [4.69, 9.17) is 23.1 Å². The highest BCUT2D eigenvalue weighted by Crippen LogP contribution is 2.29. The summed E-state index contributed by atoms with van der Waals surface area (Å²) in [5.74, 6) is -1.57. The molecule has 1 rings (SSSR count). The molecule has 0 aromatic rings. The van der Waals surface area contributed by atoms with Crippen molar-refractivity contribution in [1.29, 1.82) is 0 Å². The molecule has 0 aromatic carbocycles. The van der Waals surface area contributed by atoms with Gasteiger partial charge in [0.1, 0.15) is 24.4 Å². The highest BCUT2D eigenvalue weighted by atomic mass is 32.3. The second-order valence-corrected chi connectivity index (χ2v) is 19.0. The van der Waals surface area contributed by atoms with Gasteiger partial charge in [0, 0.05) is 20.0 Å². The molecule has 0 saturated carbocycles. The van der Waals surface area contributed by atoms with Gasteiger partial charge in [-0.2, -0.15) is 8.42 Å². The lowest BCUT2D eigenvalue weighted by Gasteiger charge is -2.44. The first kappa shape index (κ1) is 59.2. The van der Waals surface area contributed by atoms with Crippen molar-refractivity contribution in [1.82, 2.24) is 5.32 Å². The number of aliphatic hydroxyl groups is 1. The minimum absolute atomic E-state index is 0.0327. The molecule has 1 aliphatic heterocycles. The van der Waals surface area contributed by atoms with Crippen LogP contribution >= 0.6 is 0 Å². The first-order chi connectivity index (χ1) is 30.5. The Morgan fingerprint density at radius 2 is 0.984 bits per heavy atom. The van der Waals surface area contributed by atoms with Gasteiger partial charge in [-0.3, -0.25) is 18.9 Å². The number of hydrogen-bond acceptors (Lipinski definition) is 11. The molecule has 1 saturated heterocycles. The van der Waals surface area contributed by atoms with Crippen LogP contribution in [0.5, 0.6) is 0 Å². The van der Waals surface area contributed by atoms with Gasteiger partial charge < -0.3 is 29.4 Å². The van der Waals surface area contributed by atoms with E-state index in [1.54, 1.807) is 0 Å². The van der Waals surface area contributed by atoms with Crippen LogP contribution in [0.25, 0.3) is 0 Å².